The van der Waals surface area contributed by atoms with E-state index in [1.165, 1.54) is 0 Å². The zero-order chi connectivity index (χ0) is 18.9. The number of hydrogen-bond acceptors (Lipinski definition) is 4. The second-order valence-corrected chi connectivity index (χ2v) is 6.20. The lowest BCUT2D eigenvalue weighted by molar-refractivity contribution is 0.170. The highest BCUT2D eigenvalue weighted by Crippen LogP contribution is 2.15. The average molecular weight is 494 g/mol. The Morgan fingerprint density at radius 3 is 2.68 bits per heavy atom. The molecule has 2 heterocycles. The molecule has 1 unspecified atom stereocenters. The Morgan fingerprint density at radius 1 is 1.11 bits per heavy atom. The van der Waals surface area contributed by atoms with E-state index in [1.54, 1.807) is 0 Å². The first kappa shape index (κ1) is 22.1. The fourth-order valence-electron chi connectivity index (χ4n) is 2.84. The van der Waals surface area contributed by atoms with Gasteiger partial charge in [-0.25, -0.2) is 0 Å². The molecule has 0 amide bonds. The number of fused-ring (bicyclic) bond motifs is 1. The number of aromatic nitrogens is 3. The number of halogens is 1. The predicted molar refractivity (Wildman–Crippen MR) is 122 cm³/mol. The predicted octanol–water partition coefficient (Wildman–Crippen LogP) is 2.57. The van der Waals surface area contributed by atoms with Gasteiger partial charge in [-0.15, -0.1) is 34.2 Å². The largest absolute Gasteiger partial charge is 0.388 e. The van der Waals surface area contributed by atoms with Gasteiger partial charge in [-0.2, -0.15) is 0 Å². The zero-order valence-electron chi connectivity index (χ0n) is 16.0. The topological polar surface area (TPSA) is 86.8 Å². The second kappa shape index (κ2) is 11.6. The summed E-state index contributed by atoms with van der Waals surface area (Å²) in [4.78, 5) is 4.55. The third-order valence-electron chi connectivity index (χ3n) is 4.23. The second-order valence-electron chi connectivity index (χ2n) is 6.20. The minimum absolute atomic E-state index is 0. The number of benzene rings is 1. The summed E-state index contributed by atoms with van der Waals surface area (Å²) in [6.45, 7) is 4.05. The van der Waals surface area contributed by atoms with E-state index in [1.807, 2.05) is 66.1 Å². The molecule has 0 bridgehead atoms. The van der Waals surface area contributed by atoms with Crippen molar-refractivity contribution in [2.75, 3.05) is 19.6 Å². The van der Waals surface area contributed by atoms with Gasteiger partial charge in [0.1, 0.15) is 5.82 Å². The molecule has 1 aromatic carbocycles. The van der Waals surface area contributed by atoms with Gasteiger partial charge in [-0.3, -0.25) is 9.39 Å². The van der Waals surface area contributed by atoms with E-state index in [0.717, 1.165) is 36.0 Å². The van der Waals surface area contributed by atoms with Crippen molar-refractivity contribution in [1.29, 1.82) is 0 Å². The van der Waals surface area contributed by atoms with Gasteiger partial charge in [-0.1, -0.05) is 36.4 Å². The molecule has 8 heteroatoms. The molecular weight excluding hydrogens is 467 g/mol. The van der Waals surface area contributed by atoms with Gasteiger partial charge in [0.2, 0.25) is 0 Å². The van der Waals surface area contributed by atoms with Crippen LogP contribution in [0.5, 0.6) is 0 Å². The Kier molecular flexibility index (Phi) is 9.15. The number of aliphatic imine (C=N–C) groups is 1. The van der Waals surface area contributed by atoms with Gasteiger partial charge < -0.3 is 15.7 Å². The maximum Gasteiger partial charge on any atom is 0.191 e. The SMILES string of the molecule is CCNC(=NCCC(O)c1ccccc1)NCCc1nnc2ccccn12.I. The smallest absolute Gasteiger partial charge is 0.191 e. The Labute approximate surface area is 182 Å². The molecule has 0 radical (unpaired) electrons. The molecule has 0 aliphatic heterocycles. The number of aliphatic hydroxyl groups excluding tert-OH is 1. The third-order valence-corrected chi connectivity index (χ3v) is 4.23. The van der Waals surface area contributed by atoms with Crippen molar-refractivity contribution in [3.63, 3.8) is 0 Å². The van der Waals surface area contributed by atoms with Gasteiger partial charge in [0, 0.05) is 32.3 Å². The van der Waals surface area contributed by atoms with Crippen molar-refractivity contribution in [2.45, 2.75) is 25.9 Å². The molecule has 150 valence electrons. The third kappa shape index (κ3) is 6.16. The lowest BCUT2D eigenvalue weighted by Crippen LogP contribution is -2.38. The standard InChI is InChI=1S/C20H26N6O.HI/c1-2-21-20(22-13-11-17(27)16-8-4-3-5-9-16)23-14-12-19-25-24-18-10-6-7-15-26(18)19;/h3-10,15,17,27H,2,11-14H2,1H3,(H2,21,22,23);1H. The fourth-order valence-corrected chi connectivity index (χ4v) is 2.84. The molecule has 2 aromatic heterocycles. The van der Waals surface area contributed by atoms with E-state index in [4.69, 9.17) is 0 Å². The van der Waals surface area contributed by atoms with Crippen LogP contribution in [-0.2, 0) is 6.42 Å². The number of pyridine rings is 1. The number of nitrogens with zero attached hydrogens (tertiary/aromatic N) is 4. The van der Waals surface area contributed by atoms with Crippen LogP contribution in [0.15, 0.2) is 59.7 Å². The van der Waals surface area contributed by atoms with Crippen LogP contribution in [0.4, 0.5) is 0 Å². The van der Waals surface area contributed by atoms with Crippen LogP contribution in [0.25, 0.3) is 5.65 Å². The molecule has 3 rings (SSSR count). The van der Waals surface area contributed by atoms with Crippen LogP contribution in [0, 0.1) is 0 Å². The van der Waals surface area contributed by atoms with E-state index >= 15 is 0 Å². The maximum absolute atomic E-state index is 10.2. The Bertz CT molecular complexity index is 867. The lowest BCUT2D eigenvalue weighted by Gasteiger charge is -2.12. The minimum Gasteiger partial charge on any atom is -0.388 e. The molecule has 28 heavy (non-hydrogen) atoms. The van der Waals surface area contributed by atoms with E-state index in [-0.39, 0.29) is 24.0 Å². The van der Waals surface area contributed by atoms with Crippen LogP contribution in [-0.4, -0.2) is 45.3 Å². The first-order valence-electron chi connectivity index (χ1n) is 9.31. The summed E-state index contributed by atoms with van der Waals surface area (Å²) in [5, 5.41) is 25.2. The van der Waals surface area contributed by atoms with Crippen molar-refractivity contribution in [3.05, 3.63) is 66.1 Å². The molecule has 3 N–H and O–H groups in total. The first-order chi connectivity index (χ1) is 13.3. The van der Waals surface area contributed by atoms with Crippen molar-refractivity contribution < 1.29 is 5.11 Å². The maximum atomic E-state index is 10.2. The van der Waals surface area contributed by atoms with Crippen LogP contribution in [0.1, 0.15) is 30.8 Å². The Morgan fingerprint density at radius 2 is 1.89 bits per heavy atom. The van der Waals surface area contributed by atoms with Gasteiger partial charge in [0.25, 0.3) is 0 Å². The molecule has 0 saturated carbocycles. The summed E-state index contributed by atoms with van der Waals surface area (Å²) in [7, 11) is 0. The number of hydrogen-bond donors (Lipinski definition) is 3. The van der Waals surface area contributed by atoms with E-state index < -0.39 is 6.10 Å². The summed E-state index contributed by atoms with van der Waals surface area (Å²) in [5.41, 5.74) is 1.77. The highest BCUT2D eigenvalue weighted by molar-refractivity contribution is 14.0. The molecule has 7 nitrogen and oxygen atoms in total. The first-order valence-corrected chi connectivity index (χ1v) is 9.31. The normalized spacial score (nSPS) is 12.4. The van der Waals surface area contributed by atoms with Gasteiger partial charge >= 0.3 is 0 Å². The molecule has 0 spiro atoms. The quantitative estimate of drug-likeness (QED) is 0.255. The van der Waals surface area contributed by atoms with E-state index in [9.17, 15) is 5.11 Å². The van der Waals surface area contributed by atoms with Crippen LogP contribution in [0.2, 0.25) is 0 Å². The van der Waals surface area contributed by atoms with Crippen molar-refractivity contribution >= 4 is 35.6 Å². The van der Waals surface area contributed by atoms with Crippen molar-refractivity contribution in [2.24, 2.45) is 4.99 Å². The molecule has 0 saturated heterocycles. The number of aliphatic hydroxyl groups is 1. The number of guanidine groups is 1. The summed E-state index contributed by atoms with van der Waals surface area (Å²) in [6, 6.07) is 15.5. The van der Waals surface area contributed by atoms with Gasteiger partial charge in [0.05, 0.1) is 6.10 Å². The molecule has 0 aliphatic carbocycles. The lowest BCUT2D eigenvalue weighted by atomic mass is 10.1. The number of nitrogens with one attached hydrogen (secondary N) is 2. The molecule has 3 aromatic rings. The Hall–Kier alpha value is -2.20. The summed E-state index contributed by atoms with van der Waals surface area (Å²) < 4.78 is 1.99. The van der Waals surface area contributed by atoms with Crippen LogP contribution >= 0.6 is 24.0 Å². The summed E-state index contributed by atoms with van der Waals surface area (Å²) in [5.74, 6) is 1.65. The zero-order valence-corrected chi connectivity index (χ0v) is 18.3. The highest BCUT2D eigenvalue weighted by atomic mass is 127. The Balaban J connectivity index is 0.00000280. The molecule has 0 fully saturated rings. The summed E-state index contributed by atoms with van der Waals surface area (Å²) >= 11 is 0. The van der Waals surface area contributed by atoms with Crippen LogP contribution in [0.3, 0.4) is 0 Å². The van der Waals surface area contributed by atoms with E-state index in [0.29, 0.717) is 19.5 Å². The fraction of sp³-hybridized carbons (Fsp3) is 0.350. The molecule has 0 aliphatic rings. The van der Waals surface area contributed by atoms with Gasteiger partial charge in [-0.05, 0) is 31.0 Å². The van der Waals surface area contributed by atoms with Gasteiger partial charge in [0.15, 0.2) is 11.6 Å². The van der Waals surface area contributed by atoms with Crippen molar-refractivity contribution in [3.8, 4) is 0 Å². The average Bonchev–Trinajstić information content (AvgIpc) is 3.12. The molecular formula is C20H27IN6O. The minimum atomic E-state index is -0.500. The van der Waals surface area contributed by atoms with E-state index in [2.05, 4.69) is 25.8 Å². The monoisotopic (exact) mass is 494 g/mol. The summed E-state index contributed by atoms with van der Waals surface area (Å²) in [6.07, 6.45) is 2.78. The van der Waals surface area contributed by atoms with Crippen LogP contribution < -0.4 is 10.6 Å². The highest BCUT2D eigenvalue weighted by Gasteiger charge is 2.07. The number of rotatable bonds is 8. The molecule has 1 atom stereocenters. The van der Waals surface area contributed by atoms with Crippen molar-refractivity contribution in [1.82, 2.24) is 25.2 Å².